The van der Waals surface area contributed by atoms with Gasteiger partial charge in [0.25, 0.3) is 0 Å². The second-order valence-electron chi connectivity index (χ2n) is 3.12. The van der Waals surface area contributed by atoms with Gasteiger partial charge in [-0.1, -0.05) is 29.8 Å². The molecule has 1 aromatic heterocycles. The van der Waals surface area contributed by atoms with Gasteiger partial charge in [-0.3, -0.25) is 4.98 Å². The number of pyridine rings is 1. The minimum absolute atomic E-state index is 0.511. The minimum atomic E-state index is 0.511. The van der Waals surface area contributed by atoms with Gasteiger partial charge < -0.3 is 0 Å². The first-order valence-electron chi connectivity index (χ1n) is 4.58. The predicted molar refractivity (Wildman–Crippen MR) is 66.5 cm³/mol. The topological polar surface area (TPSA) is 12.9 Å². The van der Waals surface area contributed by atoms with Gasteiger partial charge in [-0.2, -0.15) is 0 Å². The van der Waals surface area contributed by atoms with Crippen LogP contribution in [0.4, 0.5) is 0 Å². The maximum absolute atomic E-state index is 5.90. The van der Waals surface area contributed by atoms with E-state index in [1.54, 1.807) is 6.20 Å². The van der Waals surface area contributed by atoms with Crippen LogP contribution in [0, 0.1) is 0 Å². The number of allylic oxidation sites excluding steroid dienone is 1. The molecule has 0 amide bonds. The summed E-state index contributed by atoms with van der Waals surface area (Å²) in [5, 5.41) is 1.79. The highest BCUT2D eigenvalue weighted by Crippen LogP contribution is 2.21. The molecular formula is C12H9Cl2N. The molecule has 2 rings (SSSR count). The molecule has 76 valence electrons. The van der Waals surface area contributed by atoms with Crippen LogP contribution in [-0.4, -0.2) is 10.9 Å². The van der Waals surface area contributed by atoms with Gasteiger partial charge in [0.1, 0.15) is 0 Å². The maximum atomic E-state index is 5.90. The maximum Gasteiger partial charge on any atom is 0.0722 e. The summed E-state index contributed by atoms with van der Waals surface area (Å²) in [6.45, 7) is 0. The highest BCUT2D eigenvalue weighted by atomic mass is 35.5. The van der Waals surface area contributed by atoms with Crippen molar-refractivity contribution in [1.29, 1.82) is 0 Å². The Morgan fingerprint density at radius 2 is 2.13 bits per heavy atom. The Morgan fingerprint density at radius 1 is 1.27 bits per heavy atom. The smallest absolute Gasteiger partial charge is 0.0722 e. The van der Waals surface area contributed by atoms with Crippen molar-refractivity contribution in [2.45, 2.75) is 0 Å². The predicted octanol–water partition coefficient (Wildman–Crippen LogP) is 4.14. The van der Waals surface area contributed by atoms with Crippen molar-refractivity contribution >= 4 is 40.2 Å². The lowest BCUT2D eigenvalue weighted by molar-refractivity contribution is 1.40. The SMILES string of the molecule is ClCC=Cc1ccnc2cc(Cl)ccc12. The summed E-state index contributed by atoms with van der Waals surface area (Å²) in [6, 6.07) is 7.65. The van der Waals surface area contributed by atoms with Crippen molar-refractivity contribution in [2.24, 2.45) is 0 Å². The van der Waals surface area contributed by atoms with Crippen molar-refractivity contribution in [3.63, 3.8) is 0 Å². The van der Waals surface area contributed by atoms with E-state index in [0.29, 0.717) is 10.9 Å². The van der Waals surface area contributed by atoms with E-state index in [0.717, 1.165) is 16.5 Å². The summed E-state index contributed by atoms with van der Waals surface area (Å²) in [5.74, 6) is 0.511. The number of alkyl halides is 1. The summed E-state index contributed by atoms with van der Waals surface area (Å²) >= 11 is 11.5. The van der Waals surface area contributed by atoms with Crippen LogP contribution in [0.15, 0.2) is 36.5 Å². The van der Waals surface area contributed by atoms with Crippen molar-refractivity contribution in [1.82, 2.24) is 4.98 Å². The second kappa shape index (κ2) is 4.65. The van der Waals surface area contributed by atoms with Gasteiger partial charge >= 0.3 is 0 Å². The fourth-order valence-corrected chi connectivity index (χ4v) is 1.72. The molecule has 0 aliphatic carbocycles. The summed E-state index contributed by atoms with van der Waals surface area (Å²) < 4.78 is 0. The molecule has 0 radical (unpaired) electrons. The molecule has 1 aromatic carbocycles. The molecule has 0 fully saturated rings. The van der Waals surface area contributed by atoms with Crippen LogP contribution in [0.1, 0.15) is 5.56 Å². The molecule has 3 heteroatoms. The Kier molecular flexibility index (Phi) is 3.24. The van der Waals surface area contributed by atoms with Crippen molar-refractivity contribution in [2.75, 3.05) is 5.88 Å². The van der Waals surface area contributed by atoms with Gasteiger partial charge in [0.05, 0.1) is 5.52 Å². The van der Waals surface area contributed by atoms with Crippen LogP contribution in [0.25, 0.3) is 17.0 Å². The van der Waals surface area contributed by atoms with Crippen LogP contribution >= 0.6 is 23.2 Å². The molecular weight excluding hydrogens is 229 g/mol. The quantitative estimate of drug-likeness (QED) is 0.716. The van der Waals surface area contributed by atoms with Crippen LogP contribution in [0.2, 0.25) is 5.02 Å². The van der Waals surface area contributed by atoms with Crippen LogP contribution in [0.5, 0.6) is 0 Å². The molecule has 0 saturated carbocycles. The lowest BCUT2D eigenvalue weighted by atomic mass is 10.1. The summed E-state index contributed by atoms with van der Waals surface area (Å²) in [7, 11) is 0. The van der Waals surface area contributed by atoms with Gasteiger partial charge in [-0.25, -0.2) is 0 Å². The number of hydrogen-bond donors (Lipinski definition) is 0. The van der Waals surface area contributed by atoms with E-state index in [-0.39, 0.29) is 0 Å². The first-order chi connectivity index (χ1) is 7.31. The summed E-state index contributed by atoms with van der Waals surface area (Å²) in [6.07, 6.45) is 5.67. The first-order valence-corrected chi connectivity index (χ1v) is 5.49. The molecule has 0 bridgehead atoms. The van der Waals surface area contributed by atoms with E-state index in [1.165, 1.54) is 0 Å². The minimum Gasteiger partial charge on any atom is -0.256 e. The zero-order chi connectivity index (χ0) is 10.7. The molecule has 0 aliphatic rings. The van der Waals surface area contributed by atoms with E-state index in [1.807, 2.05) is 36.4 Å². The second-order valence-corrected chi connectivity index (χ2v) is 3.86. The highest BCUT2D eigenvalue weighted by molar-refractivity contribution is 6.31. The Balaban J connectivity index is 2.60. The molecule has 0 saturated heterocycles. The number of rotatable bonds is 2. The molecule has 0 spiro atoms. The Hall–Kier alpha value is -1.05. The third kappa shape index (κ3) is 2.31. The molecule has 0 N–H and O–H groups in total. The fraction of sp³-hybridized carbons (Fsp3) is 0.0833. The number of fused-ring (bicyclic) bond motifs is 1. The van der Waals surface area contributed by atoms with Gasteiger partial charge in [0.15, 0.2) is 0 Å². The lowest BCUT2D eigenvalue weighted by Gasteiger charge is -2.01. The molecule has 0 aliphatic heterocycles. The average molecular weight is 238 g/mol. The number of nitrogens with zero attached hydrogens (tertiary/aromatic N) is 1. The zero-order valence-electron chi connectivity index (χ0n) is 7.95. The Labute approximate surface area is 98.3 Å². The third-order valence-electron chi connectivity index (χ3n) is 2.12. The van der Waals surface area contributed by atoms with Gasteiger partial charge in [0, 0.05) is 22.5 Å². The average Bonchev–Trinajstić information content (AvgIpc) is 2.25. The molecule has 1 heterocycles. The van der Waals surface area contributed by atoms with E-state index in [9.17, 15) is 0 Å². The number of benzene rings is 1. The Bertz CT molecular complexity index is 506. The third-order valence-corrected chi connectivity index (χ3v) is 2.54. The van der Waals surface area contributed by atoms with Crippen LogP contribution in [-0.2, 0) is 0 Å². The fourth-order valence-electron chi connectivity index (χ4n) is 1.46. The van der Waals surface area contributed by atoms with E-state index in [2.05, 4.69) is 4.98 Å². The van der Waals surface area contributed by atoms with E-state index < -0.39 is 0 Å². The summed E-state index contributed by atoms with van der Waals surface area (Å²) in [4.78, 5) is 4.26. The molecule has 15 heavy (non-hydrogen) atoms. The van der Waals surface area contributed by atoms with Gasteiger partial charge in [-0.15, -0.1) is 11.6 Å². The first kappa shape index (κ1) is 10.5. The monoisotopic (exact) mass is 237 g/mol. The lowest BCUT2D eigenvalue weighted by Crippen LogP contribution is -1.82. The summed E-state index contributed by atoms with van der Waals surface area (Å²) in [5.41, 5.74) is 2.01. The largest absolute Gasteiger partial charge is 0.256 e. The normalized spacial score (nSPS) is 11.3. The standard InChI is InChI=1S/C12H9Cl2N/c13-6-1-2-9-5-7-15-12-8-10(14)3-4-11(9)12/h1-5,7-8H,6H2. The number of hydrogen-bond acceptors (Lipinski definition) is 1. The van der Waals surface area contributed by atoms with Gasteiger partial charge in [-0.05, 0) is 23.8 Å². The number of aromatic nitrogens is 1. The molecule has 1 nitrogen and oxygen atoms in total. The Morgan fingerprint density at radius 3 is 2.93 bits per heavy atom. The zero-order valence-corrected chi connectivity index (χ0v) is 9.46. The van der Waals surface area contributed by atoms with Crippen molar-refractivity contribution < 1.29 is 0 Å². The molecule has 2 aromatic rings. The molecule has 0 atom stereocenters. The van der Waals surface area contributed by atoms with E-state index in [4.69, 9.17) is 23.2 Å². The number of halogens is 2. The van der Waals surface area contributed by atoms with Crippen LogP contribution in [0.3, 0.4) is 0 Å². The van der Waals surface area contributed by atoms with Crippen molar-refractivity contribution in [3.8, 4) is 0 Å². The molecule has 0 unspecified atom stereocenters. The van der Waals surface area contributed by atoms with Crippen LogP contribution < -0.4 is 0 Å². The highest BCUT2D eigenvalue weighted by Gasteiger charge is 1.99. The van der Waals surface area contributed by atoms with Gasteiger partial charge in [0.2, 0.25) is 0 Å². The van der Waals surface area contributed by atoms with Crippen molar-refractivity contribution in [3.05, 3.63) is 47.1 Å². The van der Waals surface area contributed by atoms with E-state index >= 15 is 0 Å².